The van der Waals surface area contributed by atoms with Crippen LogP contribution in [0, 0.1) is 0 Å². The Bertz CT molecular complexity index is 1350. The number of nitrogens with one attached hydrogen (secondary N) is 2. The van der Waals surface area contributed by atoms with Gasteiger partial charge in [-0.25, -0.2) is 4.39 Å². The minimum atomic E-state index is -0.911. The van der Waals surface area contributed by atoms with Gasteiger partial charge in [-0.15, -0.1) is 0 Å². The molecule has 0 spiro atoms. The zero-order valence-corrected chi connectivity index (χ0v) is 15.8. The van der Waals surface area contributed by atoms with E-state index in [1.165, 1.54) is 6.07 Å². The maximum absolute atomic E-state index is 13.8. The molecule has 1 saturated heterocycles. The molecule has 1 aliphatic heterocycles. The summed E-state index contributed by atoms with van der Waals surface area (Å²) in [4.78, 5) is 11.6. The van der Waals surface area contributed by atoms with Gasteiger partial charge in [0.1, 0.15) is 6.17 Å². The number of aromatic nitrogens is 5. The van der Waals surface area contributed by atoms with Crippen LogP contribution in [-0.2, 0) is 0 Å². The van der Waals surface area contributed by atoms with Crippen molar-refractivity contribution >= 4 is 23.4 Å². The number of benzene rings is 1. The van der Waals surface area contributed by atoms with Crippen molar-refractivity contribution in [2.75, 3.05) is 18.4 Å². The fourth-order valence-electron chi connectivity index (χ4n) is 3.48. The third-order valence-corrected chi connectivity index (χ3v) is 4.95. The minimum absolute atomic E-state index is 0.150. The third kappa shape index (κ3) is 3.32. The lowest BCUT2D eigenvalue weighted by Gasteiger charge is -2.03. The average Bonchev–Trinajstić information content (AvgIpc) is 3.42. The molecular weight excluding hydrogens is 389 g/mol. The van der Waals surface area contributed by atoms with E-state index in [1.807, 2.05) is 30.3 Å². The number of H-pyrrole nitrogens is 1. The summed E-state index contributed by atoms with van der Waals surface area (Å²) in [5.41, 5.74) is 2.10. The van der Waals surface area contributed by atoms with E-state index >= 15 is 0 Å². The first-order valence-corrected chi connectivity index (χ1v) is 9.49. The highest BCUT2D eigenvalue weighted by Crippen LogP contribution is 2.22. The van der Waals surface area contributed by atoms with Crippen LogP contribution in [0.5, 0.6) is 11.8 Å². The van der Waals surface area contributed by atoms with Crippen molar-refractivity contribution < 1.29 is 14.6 Å². The molecule has 0 amide bonds. The molecule has 5 rings (SSSR count). The Morgan fingerprint density at radius 2 is 2.07 bits per heavy atom. The molecule has 4 aromatic rings. The van der Waals surface area contributed by atoms with E-state index in [2.05, 4.69) is 25.4 Å². The molecule has 0 aliphatic carbocycles. The van der Waals surface area contributed by atoms with Crippen molar-refractivity contribution in [1.29, 1.82) is 0 Å². The Labute approximate surface area is 169 Å². The first-order valence-electron chi connectivity index (χ1n) is 9.49. The van der Waals surface area contributed by atoms with Gasteiger partial charge in [-0.3, -0.25) is 9.56 Å². The molecule has 1 aromatic carbocycles. The van der Waals surface area contributed by atoms with Crippen molar-refractivity contribution in [3.63, 3.8) is 0 Å². The Morgan fingerprint density at radius 1 is 1.23 bits per heavy atom. The van der Waals surface area contributed by atoms with E-state index in [9.17, 15) is 14.6 Å². The average molecular weight is 408 g/mol. The highest BCUT2D eigenvalue weighted by atomic mass is 19.1. The molecule has 0 bridgehead atoms. The summed E-state index contributed by atoms with van der Waals surface area (Å²) >= 11 is 0. The quantitative estimate of drug-likeness (QED) is 0.371. The Kier molecular flexibility index (Phi) is 4.31. The second kappa shape index (κ2) is 7.14. The lowest BCUT2D eigenvalue weighted by molar-refractivity contribution is 0.356. The van der Waals surface area contributed by atoms with E-state index in [0.29, 0.717) is 41.0 Å². The maximum atomic E-state index is 13.8. The van der Waals surface area contributed by atoms with E-state index in [4.69, 9.17) is 0 Å². The Hall–Kier alpha value is -3.95. The van der Waals surface area contributed by atoms with E-state index in [1.54, 1.807) is 21.4 Å². The van der Waals surface area contributed by atoms with Gasteiger partial charge in [0.05, 0.1) is 24.5 Å². The monoisotopic (exact) mass is 408 g/mol. The lowest BCUT2D eigenvalue weighted by atomic mass is 10.2. The lowest BCUT2D eigenvalue weighted by Crippen LogP contribution is -2.35. The SMILES string of the molecule is Oc1cc(C=c2cnn3c(Nc4ccccc4)nc(=[N+]4CCC(F)C4)nc23)c(O)[nH]1. The molecule has 30 heavy (non-hydrogen) atoms. The zero-order valence-electron chi connectivity index (χ0n) is 15.8. The molecule has 9 nitrogen and oxygen atoms in total. The number of aromatic hydroxyl groups is 2. The maximum Gasteiger partial charge on any atom is 0.434 e. The van der Waals surface area contributed by atoms with E-state index in [0.717, 1.165) is 5.69 Å². The molecule has 0 saturated carbocycles. The summed E-state index contributed by atoms with van der Waals surface area (Å²) in [6, 6.07) is 10.9. The van der Waals surface area contributed by atoms with Crippen LogP contribution in [-0.4, -0.2) is 54.0 Å². The second-order valence-electron chi connectivity index (χ2n) is 7.11. The van der Waals surface area contributed by atoms with Gasteiger partial charge in [0, 0.05) is 23.7 Å². The van der Waals surface area contributed by atoms with Gasteiger partial charge in [-0.2, -0.15) is 9.61 Å². The third-order valence-electron chi connectivity index (χ3n) is 4.95. The number of rotatable bonds is 3. The van der Waals surface area contributed by atoms with Gasteiger partial charge in [-0.1, -0.05) is 18.2 Å². The standard InChI is InChI=1S/C20H18FN7O2/c21-14-6-7-27(11-14)19-25-17-13(8-12-9-16(29)24-18(12)30)10-22-28(17)20(26-19)23-15-4-2-1-3-5-15/h1-5,8-10,14H,6-7,11H2,(H3,22,23,24,25,26,29,30)/p+1. The van der Waals surface area contributed by atoms with Crippen molar-refractivity contribution in [1.82, 2.24) is 29.1 Å². The molecule has 1 unspecified atom stereocenters. The van der Waals surface area contributed by atoms with Crippen LogP contribution in [0.1, 0.15) is 12.0 Å². The molecule has 4 N–H and O–H groups in total. The topological polar surface area (TPSA) is 114 Å². The summed E-state index contributed by atoms with van der Waals surface area (Å²) in [6.07, 6.45) is 2.77. The van der Waals surface area contributed by atoms with Crippen LogP contribution in [0.25, 0.3) is 11.7 Å². The van der Waals surface area contributed by atoms with Gasteiger partial charge in [0.15, 0.2) is 11.8 Å². The summed E-state index contributed by atoms with van der Waals surface area (Å²) in [5.74, 6) is 0.121. The zero-order chi connectivity index (χ0) is 20.7. The van der Waals surface area contributed by atoms with Crippen LogP contribution in [0.3, 0.4) is 0 Å². The van der Waals surface area contributed by atoms with E-state index < -0.39 is 6.17 Å². The largest absolute Gasteiger partial charge is 0.494 e. The summed E-state index contributed by atoms with van der Waals surface area (Å²) in [7, 11) is 0. The van der Waals surface area contributed by atoms with Crippen LogP contribution in [0.4, 0.5) is 16.0 Å². The van der Waals surface area contributed by atoms with Crippen LogP contribution < -0.4 is 20.7 Å². The molecule has 1 fully saturated rings. The number of hydrogen-bond acceptors (Lipinski definition) is 6. The van der Waals surface area contributed by atoms with E-state index in [-0.39, 0.29) is 18.3 Å². The van der Waals surface area contributed by atoms with Gasteiger partial charge in [-0.05, 0) is 28.2 Å². The molecule has 4 heterocycles. The van der Waals surface area contributed by atoms with Crippen LogP contribution in [0.15, 0.2) is 42.6 Å². The summed E-state index contributed by atoms with van der Waals surface area (Å²) in [5, 5.41) is 27.7. The van der Waals surface area contributed by atoms with Crippen LogP contribution >= 0.6 is 0 Å². The number of halogens is 1. The molecule has 1 atom stereocenters. The normalized spacial score (nSPS) is 19.0. The molecule has 1 aliphatic rings. The Balaban J connectivity index is 1.73. The number of para-hydroxylation sites is 1. The fourth-order valence-corrected chi connectivity index (χ4v) is 3.48. The van der Waals surface area contributed by atoms with Crippen molar-refractivity contribution in [3.05, 3.63) is 59.0 Å². The second-order valence-corrected chi connectivity index (χ2v) is 7.11. The predicted octanol–water partition coefficient (Wildman–Crippen LogP) is 0.669. The highest BCUT2D eigenvalue weighted by molar-refractivity contribution is 5.62. The molecule has 0 radical (unpaired) electrons. The van der Waals surface area contributed by atoms with Crippen molar-refractivity contribution in [2.45, 2.75) is 12.6 Å². The first-order chi connectivity index (χ1) is 14.6. The molecular formula is C20H19FN7O2+. The number of aromatic amines is 1. The van der Waals surface area contributed by atoms with Crippen molar-refractivity contribution in [3.8, 4) is 11.8 Å². The van der Waals surface area contributed by atoms with Gasteiger partial charge in [0.2, 0.25) is 5.65 Å². The molecule has 3 aromatic heterocycles. The predicted molar refractivity (Wildman–Crippen MR) is 108 cm³/mol. The smallest absolute Gasteiger partial charge is 0.434 e. The van der Waals surface area contributed by atoms with Gasteiger partial charge in [0.25, 0.3) is 0 Å². The fraction of sp³-hybridized carbons (Fsp3) is 0.200. The number of alkyl halides is 1. The number of anilines is 2. The van der Waals surface area contributed by atoms with Crippen molar-refractivity contribution in [2.24, 2.45) is 0 Å². The Morgan fingerprint density at radius 3 is 2.77 bits per heavy atom. The summed E-state index contributed by atoms with van der Waals surface area (Å²) in [6.45, 7) is 0.766. The van der Waals surface area contributed by atoms with Gasteiger partial charge >= 0.3 is 11.6 Å². The number of hydrogen-bond donors (Lipinski definition) is 4. The minimum Gasteiger partial charge on any atom is -0.494 e. The van der Waals surface area contributed by atoms with Crippen LogP contribution in [0.2, 0.25) is 0 Å². The number of nitrogens with zero attached hydrogens (tertiary/aromatic N) is 5. The first kappa shape index (κ1) is 18.1. The molecule has 10 heteroatoms. The highest BCUT2D eigenvalue weighted by Gasteiger charge is 2.24. The molecule has 152 valence electrons. The van der Waals surface area contributed by atoms with Gasteiger partial charge < -0.3 is 15.5 Å². The number of fused-ring (bicyclic) bond motifs is 1. The summed E-state index contributed by atoms with van der Waals surface area (Å²) < 4.78 is 17.1.